The van der Waals surface area contributed by atoms with Gasteiger partial charge in [-0.15, -0.1) is 0 Å². The smallest absolute Gasteiger partial charge is 0.253 e. The molecule has 31 heavy (non-hydrogen) atoms. The van der Waals surface area contributed by atoms with E-state index in [0.717, 1.165) is 44.5 Å². The summed E-state index contributed by atoms with van der Waals surface area (Å²) in [6.07, 6.45) is 3.08. The number of benzene rings is 2. The minimum atomic E-state index is -3.62. The Morgan fingerprint density at radius 1 is 1.03 bits per heavy atom. The Balaban J connectivity index is 1.63. The fourth-order valence-electron chi connectivity index (χ4n) is 4.07. The molecule has 1 aliphatic rings. The number of nitrogens with zero attached hydrogens (tertiary/aromatic N) is 2. The minimum Gasteiger partial charge on any atom is -0.337 e. The normalized spacial score (nSPS) is 15.6. The van der Waals surface area contributed by atoms with Crippen molar-refractivity contribution in [2.24, 2.45) is 0 Å². The Morgan fingerprint density at radius 3 is 2.48 bits per heavy atom. The van der Waals surface area contributed by atoms with Gasteiger partial charge in [-0.2, -0.15) is 0 Å². The Hall–Kier alpha value is -2.22. The molecule has 7 heteroatoms. The first-order valence-electron chi connectivity index (χ1n) is 10.9. The van der Waals surface area contributed by atoms with Gasteiger partial charge >= 0.3 is 0 Å². The van der Waals surface area contributed by atoms with Gasteiger partial charge in [-0.05, 0) is 82.1 Å². The molecule has 1 heterocycles. The second-order valence-corrected chi connectivity index (χ2v) is 10.1. The van der Waals surface area contributed by atoms with E-state index in [1.807, 2.05) is 17.9 Å². The van der Waals surface area contributed by atoms with E-state index in [0.29, 0.717) is 24.2 Å². The summed E-state index contributed by atoms with van der Waals surface area (Å²) in [5.74, 6) is -0.0956. The number of hydrogen-bond acceptors (Lipinski definition) is 4. The number of amides is 1. The maximum Gasteiger partial charge on any atom is 0.253 e. The lowest BCUT2D eigenvalue weighted by atomic mass is 10.1. The maximum atomic E-state index is 13.2. The molecule has 0 atom stereocenters. The van der Waals surface area contributed by atoms with Gasteiger partial charge in [-0.3, -0.25) is 4.79 Å². The summed E-state index contributed by atoms with van der Waals surface area (Å²) in [5, 5.41) is 0. The third kappa shape index (κ3) is 5.93. The molecule has 0 bridgehead atoms. The van der Waals surface area contributed by atoms with Crippen molar-refractivity contribution in [1.29, 1.82) is 0 Å². The molecular weight excluding hydrogens is 410 g/mol. The van der Waals surface area contributed by atoms with Crippen LogP contribution in [0.5, 0.6) is 0 Å². The van der Waals surface area contributed by atoms with Crippen molar-refractivity contribution in [3.8, 4) is 0 Å². The Morgan fingerprint density at radius 2 is 1.77 bits per heavy atom. The van der Waals surface area contributed by atoms with Crippen LogP contribution in [0, 0.1) is 13.8 Å². The second-order valence-electron chi connectivity index (χ2n) is 8.20. The Labute approximate surface area is 186 Å². The second kappa shape index (κ2) is 10.4. The number of carbonyl (C=O) groups is 1. The molecule has 2 aromatic rings. The number of rotatable bonds is 7. The zero-order chi connectivity index (χ0) is 22.4. The average molecular weight is 444 g/mol. The van der Waals surface area contributed by atoms with E-state index in [4.69, 9.17) is 0 Å². The Kier molecular flexibility index (Phi) is 7.86. The predicted molar refractivity (Wildman–Crippen MR) is 124 cm³/mol. The summed E-state index contributed by atoms with van der Waals surface area (Å²) in [6, 6.07) is 13.8. The molecule has 0 unspecified atom stereocenters. The van der Waals surface area contributed by atoms with Crippen molar-refractivity contribution in [3.05, 3.63) is 64.7 Å². The maximum absolute atomic E-state index is 13.2. The van der Waals surface area contributed by atoms with Crippen LogP contribution in [-0.2, 0) is 16.4 Å². The molecule has 0 aliphatic carbocycles. The zero-order valence-electron chi connectivity index (χ0n) is 18.7. The highest BCUT2D eigenvalue weighted by atomic mass is 32.2. The molecule has 1 fully saturated rings. The van der Waals surface area contributed by atoms with Crippen LogP contribution >= 0.6 is 0 Å². The summed E-state index contributed by atoms with van der Waals surface area (Å²) < 4.78 is 27.1. The molecule has 6 nitrogen and oxygen atoms in total. The van der Waals surface area contributed by atoms with Crippen molar-refractivity contribution in [2.45, 2.75) is 38.0 Å². The summed E-state index contributed by atoms with van der Waals surface area (Å²) in [4.78, 5) is 17.6. The lowest BCUT2D eigenvalue weighted by molar-refractivity contribution is 0.0761. The summed E-state index contributed by atoms with van der Waals surface area (Å²) in [6.45, 7) is 7.80. The number of aryl methyl sites for hydroxylation is 2. The van der Waals surface area contributed by atoms with E-state index in [9.17, 15) is 13.2 Å². The molecule has 0 aromatic heterocycles. The standard InChI is InChI=1S/C24H33N3O3S/c1-19-17-22(18-23(20(19)2)31(29,30)25-3)24(28)27-14-8-13-26(15-16-27)12-7-11-21-9-5-4-6-10-21/h4-6,9-10,17-18,25H,7-8,11-16H2,1-3H3. The molecule has 0 spiro atoms. The number of carbonyl (C=O) groups excluding carboxylic acids is 1. The SMILES string of the molecule is CNS(=O)(=O)c1cc(C(=O)N2CCCN(CCCc3ccccc3)CC2)cc(C)c1C. The van der Waals surface area contributed by atoms with E-state index in [1.165, 1.54) is 18.7 Å². The van der Waals surface area contributed by atoms with Crippen LogP contribution in [-0.4, -0.2) is 63.9 Å². The lowest BCUT2D eigenvalue weighted by Crippen LogP contribution is -2.35. The van der Waals surface area contributed by atoms with Gasteiger partial charge in [0.1, 0.15) is 0 Å². The monoisotopic (exact) mass is 443 g/mol. The van der Waals surface area contributed by atoms with Gasteiger partial charge in [0.2, 0.25) is 10.0 Å². The van der Waals surface area contributed by atoms with E-state index in [2.05, 4.69) is 33.9 Å². The van der Waals surface area contributed by atoms with Crippen LogP contribution in [0.15, 0.2) is 47.4 Å². The van der Waals surface area contributed by atoms with Crippen LogP contribution in [0.3, 0.4) is 0 Å². The van der Waals surface area contributed by atoms with Gasteiger partial charge in [0.05, 0.1) is 4.90 Å². The fourth-order valence-corrected chi connectivity index (χ4v) is 5.14. The van der Waals surface area contributed by atoms with Crippen LogP contribution in [0.2, 0.25) is 0 Å². The highest BCUT2D eigenvalue weighted by molar-refractivity contribution is 7.89. The molecule has 3 rings (SSSR count). The van der Waals surface area contributed by atoms with E-state index in [-0.39, 0.29) is 10.8 Å². The molecular formula is C24H33N3O3S. The van der Waals surface area contributed by atoms with Gasteiger partial charge in [0, 0.05) is 25.2 Å². The summed E-state index contributed by atoms with van der Waals surface area (Å²) in [7, 11) is -2.23. The topological polar surface area (TPSA) is 69.7 Å². The molecule has 168 valence electrons. The number of hydrogen-bond donors (Lipinski definition) is 1. The quantitative estimate of drug-likeness (QED) is 0.714. The van der Waals surface area contributed by atoms with Gasteiger partial charge in [0.25, 0.3) is 5.91 Å². The molecule has 1 amide bonds. The van der Waals surface area contributed by atoms with E-state index >= 15 is 0 Å². The van der Waals surface area contributed by atoms with Gasteiger partial charge in [-0.1, -0.05) is 30.3 Å². The fraction of sp³-hybridized carbons (Fsp3) is 0.458. The molecule has 2 aromatic carbocycles. The molecule has 1 N–H and O–H groups in total. The van der Waals surface area contributed by atoms with Crippen molar-refractivity contribution in [2.75, 3.05) is 39.8 Å². The minimum absolute atomic E-state index is 0.0956. The first-order chi connectivity index (χ1) is 14.8. The van der Waals surface area contributed by atoms with Gasteiger partial charge in [-0.25, -0.2) is 13.1 Å². The van der Waals surface area contributed by atoms with Crippen molar-refractivity contribution < 1.29 is 13.2 Å². The van der Waals surface area contributed by atoms with Crippen LogP contribution in [0.4, 0.5) is 0 Å². The molecule has 1 aliphatic heterocycles. The zero-order valence-corrected chi connectivity index (χ0v) is 19.5. The third-order valence-corrected chi connectivity index (χ3v) is 7.62. The van der Waals surface area contributed by atoms with Gasteiger partial charge < -0.3 is 9.80 Å². The highest BCUT2D eigenvalue weighted by Gasteiger charge is 2.24. The first kappa shape index (κ1) is 23.4. The predicted octanol–water partition coefficient (Wildman–Crippen LogP) is 2.99. The van der Waals surface area contributed by atoms with Crippen molar-refractivity contribution in [3.63, 3.8) is 0 Å². The van der Waals surface area contributed by atoms with E-state index in [1.54, 1.807) is 13.0 Å². The van der Waals surface area contributed by atoms with Crippen molar-refractivity contribution in [1.82, 2.24) is 14.5 Å². The van der Waals surface area contributed by atoms with Gasteiger partial charge in [0.15, 0.2) is 0 Å². The third-order valence-electron chi connectivity index (χ3n) is 6.08. The van der Waals surface area contributed by atoms with E-state index < -0.39 is 10.0 Å². The molecule has 0 radical (unpaired) electrons. The number of nitrogens with one attached hydrogen (secondary N) is 1. The number of sulfonamides is 1. The first-order valence-corrected chi connectivity index (χ1v) is 12.4. The highest BCUT2D eigenvalue weighted by Crippen LogP contribution is 2.22. The Bertz CT molecular complexity index is 1010. The largest absolute Gasteiger partial charge is 0.337 e. The lowest BCUT2D eigenvalue weighted by Gasteiger charge is -2.23. The summed E-state index contributed by atoms with van der Waals surface area (Å²) in [5.41, 5.74) is 3.27. The van der Waals surface area contributed by atoms with Crippen LogP contribution < -0.4 is 4.72 Å². The van der Waals surface area contributed by atoms with Crippen molar-refractivity contribution >= 4 is 15.9 Å². The molecule has 1 saturated heterocycles. The summed E-state index contributed by atoms with van der Waals surface area (Å²) >= 11 is 0. The average Bonchev–Trinajstić information content (AvgIpc) is 3.01. The van der Waals surface area contributed by atoms with Crippen LogP contribution in [0.25, 0.3) is 0 Å². The molecule has 0 saturated carbocycles. The van der Waals surface area contributed by atoms with Crippen LogP contribution in [0.1, 0.15) is 39.9 Å².